The molecule has 0 saturated carbocycles. The molecule has 0 spiro atoms. The van der Waals surface area contributed by atoms with Crippen LogP contribution in [0.1, 0.15) is 0 Å². The molecule has 0 aromatic rings. The van der Waals surface area contributed by atoms with Gasteiger partial charge in [0.05, 0.1) is 13.2 Å². The summed E-state index contributed by atoms with van der Waals surface area (Å²) < 4.78 is 0. The Labute approximate surface area is 80.0 Å². The fourth-order valence-corrected chi connectivity index (χ4v) is 0.734. The van der Waals surface area contributed by atoms with Crippen LogP contribution in [0.5, 0.6) is 0 Å². The van der Waals surface area contributed by atoms with E-state index in [1.165, 1.54) is 0 Å². The number of aliphatic hydroxyl groups is 6. The standard InChI is InChI=1S/C6H16N2O6/c7-5(13,1-9)3(11)4(12)6(8,14)2-10/h3-4,9-14H,1-2,7-8H2/t3-,4-,5-,6+/m0/s1. The summed E-state index contributed by atoms with van der Waals surface area (Å²) in [6, 6.07) is 0. The van der Waals surface area contributed by atoms with Crippen LogP contribution in [0.15, 0.2) is 0 Å². The predicted molar refractivity (Wildman–Crippen MR) is 44.5 cm³/mol. The average Bonchev–Trinajstić information content (AvgIpc) is 2.15. The van der Waals surface area contributed by atoms with Crippen molar-refractivity contribution < 1.29 is 30.6 Å². The van der Waals surface area contributed by atoms with Gasteiger partial charge in [-0.25, -0.2) is 0 Å². The van der Waals surface area contributed by atoms with Crippen molar-refractivity contribution in [2.24, 2.45) is 11.5 Å². The zero-order valence-electron chi connectivity index (χ0n) is 7.41. The van der Waals surface area contributed by atoms with Crippen LogP contribution in [0.25, 0.3) is 0 Å². The van der Waals surface area contributed by atoms with Gasteiger partial charge in [0, 0.05) is 0 Å². The maximum atomic E-state index is 9.18. The summed E-state index contributed by atoms with van der Waals surface area (Å²) in [5.74, 6) is 0. The number of nitrogens with two attached hydrogens (primary N) is 2. The second-order valence-corrected chi connectivity index (χ2v) is 3.19. The van der Waals surface area contributed by atoms with Crippen LogP contribution in [-0.4, -0.2) is 67.5 Å². The first kappa shape index (κ1) is 13.7. The minimum absolute atomic E-state index is 1.05. The molecule has 8 heteroatoms. The molecule has 10 N–H and O–H groups in total. The van der Waals surface area contributed by atoms with E-state index in [9.17, 15) is 10.2 Å². The van der Waals surface area contributed by atoms with Gasteiger partial charge >= 0.3 is 0 Å². The highest BCUT2D eigenvalue weighted by Crippen LogP contribution is 2.14. The highest BCUT2D eigenvalue weighted by atomic mass is 16.4. The van der Waals surface area contributed by atoms with Crippen molar-refractivity contribution >= 4 is 0 Å². The minimum Gasteiger partial charge on any atom is -0.392 e. The molecule has 86 valence electrons. The summed E-state index contributed by atoms with van der Waals surface area (Å²) in [7, 11) is 0. The Morgan fingerprint density at radius 2 is 1.07 bits per heavy atom. The number of hydrogen-bond acceptors (Lipinski definition) is 8. The van der Waals surface area contributed by atoms with Crippen molar-refractivity contribution in [2.45, 2.75) is 23.7 Å². The number of aliphatic hydroxyl groups excluding tert-OH is 4. The Bertz CT molecular complexity index is 165. The zero-order chi connectivity index (χ0) is 11.6. The molecule has 0 aliphatic rings. The molecule has 0 saturated heterocycles. The third kappa shape index (κ3) is 2.83. The summed E-state index contributed by atoms with van der Waals surface area (Å²) in [4.78, 5) is 0. The van der Waals surface area contributed by atoms with E-state index in [-0.39, 0.29) is 0 Å². The molecule has 8 nitrogen and oxygen atoms in total. The van der Waals surface area contributed by atoms with Crippen LogP contribution in [0.3, 0.4) is 0 Å². The fourth-order valence-electron chi connectivity index (χ4n) is 0.734. The van der Waals surface area contributed by atoms with Crippen molar-refractivity contribution in [3.8, 4) is 0 Å². The summed E-state index contributed by atoms with van der Waals surface area (Å²) in [6.07, 6.45) is -4.20. The largest absolute Gasteiger partial charge is 0.392 e. The van der Waals surface area contributed by atoms with Crippen molar-refractivity contribution in [2.75, 3.05) is 13.2 Å². The maximum absolute atomic E-state index is 9.18. The monoisotopic (exact) mass is 212 g/mol. The van der Waals surface area contributed by atoms with Gasteiger partial charge in [0.15, 0.2) is 11.4 Å². The first-order valence-corrected chi connectivity index (χ1v) is 3.79. The van der Waals surface area contributed by atoms with Crippen LogP contribution in [0.2, 0.25) is 0 Å². The first-order valence-electron chi connectivity index (χ1n) is 3.79. The van der Waals surface area contributed by atoms with E-state index in [2.05, 4.69) is 0 Å². The fraction of sp³-hybridized carbons (Fsp3) is 1.00. The lowest BCUT2D eigenvalue weighted by molar-refractivity contribution is -0.200. The van der Waals surface area contributed by atoms with E-state index in [0.717, 1.165) is 0 Å². The van der Waals surface area contributed by atoms with Gasteiger partial charge < -0.3 is 30.6 Å². The molecule has 0 radical (unpaired) electrons. The summed E-state index contributed by atoms with van der Waals surface area (Å²) in [5.41, 5.74) is 4.89. The Balaban J connectivity index is 4.62. The summed E-state index contributed by atoms with van der Waals surface area (Å²) in [6.45, 7) is -2.10. The molecular weight excluding hydrogens is 196 g/mol. The second-order valence-electron chi connectivity index (χ2n) is 3.19. The lowest BCUT2D eigenvalue weighted by atomic mass is 9.95. The number of hydrogen-bond donors (Lipinski definition) is 8. The highest BCUT2D eigenvalue weighted by Gasteiger charge is 2.44. The molecule has 0 fully saturated rings. The van der Waals surface area contributed by atoms with Gasteiger partial charge in [0.25, 0.3) is 0 Å². The van der Waals surface area contributed by atoms with Crippen molar-refractivity contribution in [1.29, 1.82) is 0 Å². The van der Waals surface area contributed by atoms with Gasteiger partial charge in [-0.3, -0.25) is 11.5 Å². The summed E-state index contributed by atoms with van der Waals surface area (Å²) >= 11 is 0. The van der Waals surface area contributed by atoms with E-state index < -0.39 is 36.9 Å². The third-order valence-electron chi connectivity index (χ3n) is 1.83. The van der Waals surface area contributed by atoms with E-state index in [0.29, 0.717) is 0 Å². The predicted octanol–water partition coefficient (Wildman–Crippen LogP) is -5.01. The Kier molecular flexibility index (Phi) is 4.36. The Hall–Kier alpha value is -0.320. The molecule has 0 rings (SSSR count). The third-order valence-corrected chi connectivity index (χ3v) is 1.83. The van der Waals surface area contributed by atoms with Crippen LogP contribution in [0.4, 0.5) is 0 Å². The van der Waals surface area contributed by atoms with E-state index in [4.69, 9.17) is 31.9 Å². The lowest BCUT2D eigenvalue weighted by Gasteiger charge is -2.36. The van der Waals surface area contributed by atoms with Crippen molar-refractivity contribution in [3.63, 3.8) is 0 Å². The molecule has 14 heavy (non-hydrogen) atoms. The smallest absolute Gasteiger partial charge is 0.165 e. The Morgan fingerprint density at radius 1 is 0.857 bits per heavy atom. The summed E-state index contributed by atoms with van der Waals surface area (Å²) in [5, 5.41) is 53.6. The van der Waals surface area contributed by atoms with E-state index >= 15 is 0 Å². The molecule has 0 unspecified atom stereocenters. The normalized spacial score (nSPS) is 24.9. The van der Waals surface area contributed by atoms with Gasteiger partial charge in [0.2, 0.25) is 0 Å². The highest BCUT2D eigenvalue weighted by molar-refractivity contribution is 4.93. The molecule has 4 atom stereocenters. The van der Waals surface area contributed by atoms with E-state index in [1.807, 2.05) is 0 Å². The number of rotatable bonds is 5. The van der Waals surface area contributed by atoms with Gasteiger partial charge in [-0.05, 0) is 0 Å². The molecule has 0 amide bonds. The van der Waals surface area contributed by atoms with Crippen LogP contribution >= 0.6 is 0 Å². The van der Waals surface area contributed by atoms with Crippen LogP contribution in [0, 0.1) is 0 Å². The van der Waals surface area contributed by atoms with Gasteiger partial charge in [-0.1, -0.05) is 0 Å². The topological polar surface area (TPSA) is 173 Å². The second kappa shape index (κ2) is 4.47. The van der Waals surface area contributed by atoms with Gasteiger partial charge in [0.1, 0.15) is 12.2 Å². The molecule has 0 aliphatic carbocycles. The van der Waals surface area contributed by atoms with Crippen LogP contribution in [-0.2, 0) is 0 Å². The molecule has 0 aliphatic heterocycles. The lowest BCUT2D eigenvalue weighted by Crippen LogP contribution is -2.67. The quantitative estimate of drug-likeness (QED) is 0.209. The molecular formula is C6H16N2O6. The molecule has 0 aromatic heterocycles. The Morgan fingerprint density at radius 3 is 1.21 bits per heavy atom. The van der Waals surface area contributed by atoms with Gasteiger partial charge in [-0.15, -0.1) is 0 Å². The molecule has 0 bridgehead atoms. The van der Waals surface area contributed by atoms with Crippen molar-refractivity contribution in [1.82, 2.24) is 0 Å². The van der Waals surface area contributed by atoms with Crippen LogP contribution < -0.4 is 11.5 Å². The van der Waals surface area contributed by atoms with Crippen molar-refractivity contribution in [3.05, 3.63) is 0 Å². The van der Waals surface area contributed by atoms with E-state index in [1.54, 1.807) is 0 Å². The minimum atomic E-state index is -2.51. The maximum Gasteiger partial charge on any atom is 0.165 e. The van der Waals surface area contributed by atoms with Gasteiger partial charge in [-0.2, -0.15) is 0 Å². The molecule has 0 aromatic carbocycles. The average molecular weight is 212 g/mol. The zero-order valence-corrected chi connectivity index (χ0v) is 7.41. The molecule has 0 heterocycles. The first-order chi connectivity index (χ1) is 6.19. The SMILES string of the molecule is N[C@](O)(CO)[C@@H](O)[C@H](O)[C@](N)(O)CO.